The summed E-state index contributed by atoms with van der Waals surface area (Å²) in [5, 5.41) is 13.6. The van der Waals surface area contributed by atoms with Gasteiger partial charge in [-0.1, -0.05) is 171 Å². The molecule has 71 heavy (non-hydrogen) atoms. The Kier molecular flexibility index (Phi) is 13.5. The molecule has 0 spiro atoms. The van der Waals surface area contributed by atoms with Gasteiger partial charge in [0.2, 0.25) is 0 Å². The largest absolute Gasteiger partial charge is 0.478 e. The topological polar surface area (TPSA) is 78.3 Å². The molecule has 6 nitrogen and oxygen atoms in total. The third-order valence-electron chi connectivity index (χ3n) is 15.6. The Balaban J connectivity index is 1.09. The van der Waals surface area contributed by atoms with Gasteiger partial charge in [0, 0.05) is 37.6 Å². The van der Waals surface area contributed by atoms with E-state index in [1.807, 2.05) is 12.1 Å². The van der Waals surface area contributed by atoms with E-state index in [1.165, 1.54) is 92.3 Å². The molecule has 0 saturated carbocycles. The molecule has 0 amide bonds. The van der Waals surface area contributed by atoms with Gasteiger partial charge in [0.25, 0.3) is 5.56 Å². The summed E-state index contributed by atoms with van der Waals surface area (Å²) in [6.45, 7) is 13.4. The number of rotatable bonds is 19. The molecule has 0 bridgehead atoms. The molecule has 10 rings (SSSR count). The van der Waals surface area contributed by atoms with Crippen LogP contribution in [0.4, 0.5) is 17.1 Å². The standard InChI is InChI=1S/C64H65N3O3S/c1-6-10-36-63(37-11-7-2)55-23-17-14-20-49(55)51-33-30-46(40-57(51)63)66(47-31-34-52-50-21-15-18-24-56(50)64(38-12-8-3,39-13-9-4)58(52)41-47)45-28-26-44(27-29-45)60-35-32-48(71-60)42-54-43(5)65-67(61(54)68)59-25-19-16-22-53(59)62(69)70/h14-35,40-42,65H,5-13,36-39H2,1-4H3,(H,69,70)/b54-42+. The average molecular weight is 956 g/mol. The van der Waals surface area contributed by atoms with Crippen LogP contribution in [0.1, 0.15) is 142 Å². The zero-order chi connectivity index (χ0) is 49.3. The summed E-state index contributed by atoms with van der Waals surface area (Å²) in [4.78, 5) is 30.2. The van der Waals surface area contributed by atoms with Gasteiger partial charge in [-0.25, -0.2) is 9.48 Å². The molecular weight excluding hydrogens is 891 g/mol. The summed E-state index contributed by atoms with van der Waals surface area (Å²) in [7, 11) is 0. The van der Waals surface area contributed by atoms with Gasteiger partial charge in [-0.3, -0.25) is 9.89 Å². The second kappa shape index (κ2) is 20.0. The van der Waals surface area contributed by atoms with Crippen LogP contribution in [0.2, 0.25) is 0 Å². The number of nitrogens with one attached hydrogen (secondary N) is 1. The highest BCUT2D eigenvalue weighted by molar-refractivity contribution is 7.16. The smallest absolute Gasteiger partial charge is 0.337 e. The minimum absolute atomic E-state index is 0.0328. The number of carboxylic acids is 1. The third kappa shape index (κ3) is 8.42. The van der Waals surface area contributed by atoms with Crippen molar-refractivity contribution in [1.29, 1.82) is 0 Å². The van der Waals surface area contributed by atoms with Gasteiger partial charge in [-0.05, 0) is 142 Å². The molecule has 0 radical (unpaired) electrons. The Morgan fingerprint density at radius 2 is 1.08 bits per heavy atom. The van der Waals surface area contributed by atoms with Gasteiger partial charge in [0.1, 0.15) is 0 Å². The van der Waals surface area contributed by atoms with E-state index in [2.05, 4.69) is 160 Å². The van der Waals surface area contributed by atoms with Crippen LogP contribution in [-0.2, 0) is 10.8 Å². The van der Waals surface area contributed by atoms with Gasteiger partial charge in [0.15, 0.2) is 0 Å². The van der Waals surface area contributed by atoms with E-state index in [1.54, 1.807) is 29.5 Å². The van der Waals surface area contributed by atoms with Crippen molar-refractivity contribution in [3.8, 4) is 38.4 Å². The number of unbranched alkanes of at least 4 members (excludes halogenated alkanes) is 4. The maximum absolute atomic E-state index is 13.7. The van der Waals surface area contributed by atoms with Gasteiger partial charge < -0.3 is 10.0 Å². The summed E-state index contributed by atoms with van der Waals surface area (Å²) in [5.41, 5.74) is 15.8. The lowest BCUT2D eigenvalue weighted by Crippen LogP contribution is -2.34. The normalized spacial score (nSPS) is 14.0. The molecule has 0 aliphatic heterocycles. The number of carboxylic acid groups (broad SMARTS) is 1. The molecule has 360 valence electrons. The SMILES string of the molecule is C=c1[nH]n(-c2ccccc2C(=O)O)c(=O)/c1=C/c1ccc(-c2ccc(N(c3ccc4c(c3)C(CCCC)(CCCC)c3ccccc3-4)c3ccc4c(c3)C(CCCC)(CCCC)c3ccccc3-4)cc2)s1. The number of aromatic nitrogens is 2. The first-order valence-electron chi connectivity index (χ1n) is 26.0. The van der Waals surface area contributed by atoms with Crippen LogP contribution in [0.3, 0.4) is 0 Å². The zero-order valence-electron chi connectivity index (χ0n) is 41.7. The Hall–Kier alpha value is -6.96. The van der Waals surface area contributed by atoms with Crippen molar-refractivity contribution >= 4 is 47.0 Å². The molecular formula is C64H65N3O3S. The Morgan fingerprint density at radius 1 is 0.606 bits per heavy atom. The molecule has 7 heteroatoms. The fourth-order valence-electron chi connectivity index (χ4n) is 12.0. The molecule has 6 aromatic carbocycles. The lowest BCUT2D eigenvalue weighted by molar-refractivity contribution is 0.0696. The van der Waals surface area contributed by atoms with Crippen LogP contribution in [0.25, 0.3) is 51.0 Å². The van der Waals surface area contributed by atoms with Crippen molar-refractivity contribution in [3.63, 3.8) is 0 Å². The van der Waals surface area contributed by atoms with Crippen molar-refractivity contribution < 1.29 is 9.90 Å². The van der Waals surface area contributed by atoms with Crippen LogP contribution >= 0.6 is 11.3 Å². The van der Waals surface area contributed by atoms with E-state index in [9.17, 15) is 14.7 Å². The first-order chi connectivity index (χ1) is 34.7. The van der Waals surface area contributed by atoms with Crippen LogP contribution in [-0.4, -0.2) is 20.9 Å². The number of aromatic carboxylic acids is 1. The van der Waals surface area contributed by atoms with Gasteiger partial charge in [-0.15, -0.1) is 11.3 Å². The molecule has 2 aliphatic rings. The number of nitrogens with zero attached hydrogens (tertiary/aromatic N) is 2. The predicted octanol–water partition coefficient (Wildman–Crippen LogP) is 15.6. The Morgan fingerprint density at radius 3 is 1.61 bits per heavy atom. The number of hydrogen-bond acceptors (Lipinski definition) is 4. The molecule has 2 aliphatic carbocycles. The number of hydrogen-bond donors (Lipinski definition) is 2. The first kappa shape index (κ1) is 47.7. The second-order valence-corrected chi connectivity index (χ2v) is 20.9. The summed E-state index contributed by atoms with van der Waals surface area (Å²) in [6, 6.07) is 52.6. The monoisotopic (exact) mass is 955 g/mol. The predicted molar refractivity (Wildman–Crippen MR) is 297 cm³/mol. The van der Waals surface area contributed by atoms with Crippen molar-refractivity contribution in [2.75, 3.05) is 4.90 Å². The van der Waals surface area contributed by atoms with Crippen molar-refractivity contribution in [2.45, 2.75) is 116 Å². The Bertz CT molecular complexity index is 3290. The third-order valence-corrected chi connectivity index (χ3v) is 16.6. The lowest BCUT2D eigenvalue weighted by Gasteiger charge is -2.35. The van der Waals surface area contributed by atoms with Crippen LogP contribution < -0.4 is 21.0 Å². The summed E-state index contributed by atoms with van der Waals surface area (Å²) < 4.78 is 1.27. The molecule has 2 heterocycles. The second-order valence-electron chi connectivity index (χ2n) is 19.8. The average Bonchev–Trinajstić information content (AvgIpc) is 4.13. The molecule has 0 unspecified atom stereocenters. The number of benzene rings is 6. The highest BCUT2D eigenvalue weighted by Crippen LogP contribution is 2.58. The van der Waals surface area contributed by atoms with Crippen molar-refractivity contribution in [2.24, 2.45) is 0 Å². The molecule has 2 aromatic heterocycles. The van der Waals surface area contributed by atoms with Crippen molar-refractivity contribution in [3.05, 3.63) is 199 Å². The number of carbonyl (C=O) groups is 1. The van der Waals surface area contributed by atoms with E-state index in [0.29, 0.717) is 10.6 Å². The number of para-hydroxylation sites is 1. The highest BCUT2D eigenvalue weighted by Gasteiger charge is 2.44. The first-order valence-corrected chi connectivity index (χ1v) is 26.8. The summed E-state index contributed by atoms with van der Waals surface area (Å²) in [5.74, 6) is -1.11. The number of anilines is 3. The molecule has 0 atom stereocenters. The quantitative estimate of drug-likeness (QED) is 0.0846. The highest BCUT2D eigenvalue weighted by atomic mass is 32.1. The number of aromatic amines is 1. The van der Waals surface area contributed by atoms with Crippen molar-refractivity contribution in [1.82, 2.24) is 9.78 Å². The van der Waals surface area contributed by atoms with E-state index < -0.39 is 5.97 Å². The Labute approximate surface area is 422 Å². The van der Waals surface area contributed by atoms with E-state index in [0.717, 1.165) is 72.4 Å². The van der Waals surface area contributed by atoms with Gasteiger partial charge in [-0.2, -0.15) is 0 Å². The van der Waals surface area contributed by atoms with Gasteiger partial charge in [0.05, 0.1) is 21.8 Å². The van der Waals surface area contributed by atoms with Gasteiger partial charge >= 0.3 is 5.97 Å². The number of fused-ring (bicyclic) bond motifs is 6. The maximum Gasteiger partial charge on any atom is 0.337 e. The fourth-order valence-corrected chi connectivity index (χ4v) is 13.0. The zero-order valence-corrected chi connectivity index (χ0v) is 42.5. The number of H-pyrrole nitrogens is 1. The van der Waals surface area contributed by atoms with E-state index in [4.69, 9.17) is 0 Å². The molecule has 2 N–H and O–H groups in total. The minimum Gasteiger partial charge on any atom is -0.478 e. The van der Waals surface area contributed by atoms with E-state index in [-0.39, 0.29) is 27.6 Å². The summed E-state index contributed by atoms with van der Waals surface area (Å²) >= 11 is 1.61. The van der Waals surface area contributed by atoms with Crippen LogP contribution in [0, 0.1) is 0 Å². The van der Waals surface area contributed by atoms with Crippen LogP contribution in [0.5, 0.6) is 0 Å². The molecule has 0 fully saturated rings. The fraction of sp³-hybridized carbons (Fsp3) is 0.281. The minimum atomic E-state index is -1.11. The summed E-state index contributed by atoms with van der Waals surface area (Å²) in [6.07, 6.45) is 15.7. The maximum atomic E-state index is 13.7. The van der Waals surface area contributed by atoms with Crippen LogP contribution in [0.15, 0.2) is 150 Å². The molecule has 0 saturated heterocycles. The lowest BCUT2D eigenvalue weighted by atomic mass is 9.70. The number of thiophene rings is 1. The van der Waals surface area contributed by atoms with E-state index >= 15 is 0 Å². The molecule has 8 aromatic rings.